The van der Waals surface area contributed by atoms with Crippen LogP contribution in [0.2, 0.25) is 0 Å². The van der Waals surface area contributed by atoms with E-state index >= 15 is 0 Å². The van der Waals surface area contributed by atoms with E-state index in [9.17, 15) is 17.6 Å². The second kappa shape index (κ2) is 7.72. The smallest absolute Gasteiger partial charge is 0.267 e. The Morgan fingerprint density at radius 3 is 2.07 bits per heavy atom. The predicted molar refractivity (Wildman–Crippen MR) is 101 cm³/mol. The Hall–Kier alpha value is -2.99. The second-order valence-electron chi connectivity index (χ2n) is 6.12. The molecule has 138 valence electrons. The van der Waals surface area contributed by atoms with E-state index in [0.717, 1.165) is 9.87 Å². The Morgan fingerprint density at radius 2 is 1.48 bits per heavy atom. The highest BCUT2D eigenvalue weighted by atomic mass is 32.2. The van der Waals surface area contributed by atoms with Gasteiger partial charge in [-0.2, -0.15) is 0 Å². The summed E-state index contributed by atoms with van der Waals surface area (Å²) in [6.07, 6.45) is 0. The van der Waals surface area contributed by atoms with Gasteiger partial charge in [-0.1, -0.05) is 48.0 Å². The first-order valence-corrected chi connectivity index (χ1v) is 9.75. The molecule has 0 spiro atoms. The Morgan fingerprint density at radius 1 is 0.889 bits per heavy atom. The van der Waals surface area contributed by atoms with Crippen LogP contribution in [0, 0.1) is 12.7 Å². The normalized spacial score (nSPS) is 11.2. The van der Waals surface area contributed by atoms with Crippen LogP contribution in [-0.4, -0.2) is 18.6 Å². The number of carbonyl (C=O) groups is 1. The number of hydrogen-bond acceptors (Lipinski definition) is 3. The molecule has 6 heteroatoms. The molecule has 0 aromatic heterocycles. The SMILES string of the molecule is Cc1ccc(S(=O)(=O)N(Cc2ccc(F)cc2)C(=O)c2ccccc2)cc1. The number of amides is 1. The summed E-state index contributed by atoms with van der Waals surface area (Å²) in [5.74, 6) is -1.07. The highest BCUT2D eigenvalue weighted by molar-refractivity contribution is 7.89. The topological polar surface area (TPSA) is 54.5 Å². The largest absolute Gasteiger partial charge is 0.268 e. The maximum Gasteiger partial charge on any atom is 0.267 e. The van der Waals surface area contributed by atoms with Gasteiger partial charge in [-0.3, -0.25) is 4.79 Å². The molecule has 3 aromatic rings. The average Bonchev–Trinajstić information content (AvgIpc) is 2.68. The molecule has 0 fully saturated rings. The lowest BCUT2D eigenvalue weighted by atomic mass is 10.2. The molecule has 0 saturated heterocycles. The van der Waals surface area contributed by atoms with Gasteiger partial charge < -0.3 is 0 Å². The standard InChI is InChI=1S/C21H18FNO3S/c1-16-7-13-20(14-8-16)27(25,26)23(15-17-9-11-19(22)12-10-17)21(24)18-5-3-2-4-6-18/h2-14H,15H2,1H3. The van der Waals surface area contributed by atoms with E-state index in [1.165, 1.54) is 36.4 Å². The summed E-state index contributed by atoms with van der Waals surface area (Å²) in [6, 6.07) is 19.9. The summed E-state index contributed by atoms with van der Waals surface area (Å²) in [4.78, 5) is 13.0. The summed E-state index contributed by atoms with van der Waals surface area (Å²) in [7, 11) is -4.08. The van der Waals surface area contributed by atoms with Crippen molar-refractivity contribution in [1.82, 2.24) is 4.31 Å². The molecule has 0 atom stereocenters. The summed E-state index contributed by atoms with van der Waals surface area (Å²) in [5.41, 5.74) is 1.68. The van der Waals surface area contributed by atoms with Crippen LogP contribution >= 0.6 is 0 Å². The van der Waals surface area contributed by atoms with E-state index in [0.29, 0.717) is 5.56 Å². The van der Waals surface area contributed by atoms with Gasteiger partial charge in [0.1, 0.15) is 5.82 Å². The van der Waals surface area contributed by atoms with Crippen LogP contribution in [-0.2, 0) is 16.6 Å². The third-order valence-corrected chi connectivity index (χ3v) is 5.84. The predicted octanol–water partition coefficient (Wildman–Crippen LogP) is 4.17. The summed E-state index contributed by atoms with van der Waals surface area (Å²) >= 11 is 0. The molecule has 27 heavy (non-hydrogen) atoms. The van der Waals surface area contributed by atoms with Gasteiger partial charge in [-0.15, -0.1) is 0 Å². The maximum absolute atomic E-state index is 13.2. The number of nitrogens with zero attached hydrogens (tertiary/aromatic N) is 1. The van der Waals surface area contributed by atoms with Gasteiger partial charge in [-0.05, 0) is 48.9 Å². The van der Waals surface area contributed by atoms with E-state index in [1.54, 1.807) is 42.5 Å². The molecular weight excluding hydrogens is 365 g/mol. The van der Waals surface area contributed by atoms with Gasteiger partial charge in [-0.25, -0.2) is 17.1 Å². The lowest BCUT2D eigenvalue weighted by Crippen LogP contribution is -2.36. The molecule has 3 aromatic carbocycles. The van der Waals surface area contributed by atoms with Crippen LogP contribution in [0.3, 0.4) is 0 Å². The van der Waals surface area contributed by atoms with Crippen molar-refractivity contribution in [2.45, 2.75) is 18.4 Å². The maximum atomic E-state index is 13.2. The first kappa shape index (κ1) is 18.8. The van der Waals surface area contributed by atoms with Crippen LogP contribution in [0.25, 0.3) is 0 Å². The van der Waals surface area contributed by atoms with Gasteiger partial charge in [0, 0.05) is 5.56 Å². The van der Waals surface area contributed by atoms with Crippen LogP contribution in [0.4, 0.5) is 4.39 Å². The molecule has 0 radical (unpaired) electrons. The number of sulfonamides is 1. The number of hydrogen-bond donors (Lipinski definition) is 0. The zero-order valence-corrected chi connectivity index (χ0v) is 15.5. The quantitative estimate of drug-likeness (QED) is 0.665. The Balaban J connectivity index is 2.04. The number of carbonyl (C=O) groups excluding carboxylic acids is 1. The van der Waals surface area contributed by atoms with Gasteiger partial charge in [0.25, 0.3) is 15.9 Å². The molecule has 0 aliphatic carbocycles. The molecule has 0 saturated carbocycles. The zero-order chi connectivity index (χ0) is 19.4. The zero-order valence-electron chi connectivity index (χ0n) is 14.7. The lowest BCUT2D eigenvalue weighted by molar-refractivity contribution is 0.0855. The Bertz CT molecular complexity index is 1030. The van der Waals surface area contributed by atoms with Gasteiger partial charge in [0.05, 0.1) is 11.4 Å². The molecule has 3 rings (SSSR count). The highest BCUT2D eigenvalue weighted by Gasteiger charge is 2.30. The third kappa shape index (κ3) is 4.23. The molecule has 0 bridgehead atoms. The average molecular weight is 383 g/mol. The molecule has 0 unspecified atom stereocenters. The van der Waals surface area contributed by atoms with Gasteiger partial charge in [0.2, 0.25) is 0 Å². The molecule has 4 nitrogen and oxygen atoms in total. The van der Waals surface area contributed by atoms with Crippen molar-refractivity contribution in [3.63, 3.8) is 0 Å². The number of benzene rings is 3. The van der Waals surface area contributed by atoms with E-state index in [-0.39, 0.29) is 17.0 Å². The van der Waals surface area contributed by atoms with E-state index < -0.39 is 21.7 Å². The van der Waals surface area contributed by atoms with E-state index in [4.69, 9.17) is 0 Å². The summed E-state index contributed by atoms with van der Waals surface area (Å²) in [5, 5.41) is 0. The van der Waals surface area contributed by atoms with Crippen molar-refractivity contribution in [2.75, 3.05) is 0 Å². The first-order valence-electron chi connectivity index (χ1n) is 8.31. The minimum Gasteiger partial charge on any atom is -0.268 e. The van der Waals surface area contributed by atoms with Crippen LogP contribution < -0.4 is 0 Å². The van der Waals surface area contributed by atoms with Crippen molar-refractivity contribution >= 4 is 15.9 Å². The van der Waals surface area contributed by atoms with Crippen molar-refractivity contribution in [3.05, 3.63) is 101 Å². The third-order valence-electron chi connectivity index (χ3n) is 4.10. The fraction of sp³-hybridized carbons (Fsp3) is 0.0952. The van der Waals surface area contributed by atoms with Crippen LogP contribution in [0.1, 0.15) is 21.5 Å². The fourth-order valence-corrected chi connectivity index (χ4v) is 3.96. The highest BCUT2D eigenvalue weighted by Crippen LogP contribution is 2.22. The second-order valence-corrected chi connectivity index (χ2v) is 7.98. The van der Waals surface area contributed by atoms with E-state index in [1.807, 2.05) is 6.92 Å². The minimum atomic E-state index is -4.08. The number of aryl methyl sites for hydroxylation is 1. The summed E-state index contributed by atoms with van der Waals surface area (Å²) in [6.45, 7) is 1.66. The van der Waals surface area contributed by atoms with E-state index in [2.05, 4.69) is 0 Å². The van der Waals surface area contributed by atoms with Crippen molar-refractivity contribution < 1.29 is 17.6 Å². The van der Waals surface area contributed by atoms with Crippen molar-refractivity contribution in [1.29, 1.82) is 0 Å². The summed E-state index contributed by atoms with van der Waals surface area (Å²) < 4.78 is 40.3. The molecule has 0 aliphatic rings. The Labute approximate surface area is 157 Å². The van der Waals surface area contributed by atoms with Crippen molar-refractivity contribution in [2.24, 2.45) is 0 Å². The molecule has 0 heterocycles. The number of halogens is 1. The van der Waals surface area contributed by atoms with Gasteiger partial charge in [0.15, 0.2) is 0 Å². The molecule has 0 aliphatic heterocycles. The Kier molecular flexibility index (Phi) is 5.37. The van der Waals surface area contributed by atoms with Gasteiger partial charge >= 0.3 is 0 Å². The van der Waals surface area contributed by atoms with Crippen LogP contribution in [0.5, 0.6) is 0 Å². The first-order chi connectivity index (χ1) is 12.9. The monoisotopic (exact) mass is 383 g/mol. The fourth-order valence-electron chi connectivity index (χ4n) is 2.58. The molecular formula is C21H18FNO3S. The molecule has 1 amide bonds. The molecule has 0 N–H and O–H groups in total. The minimum absolute atomic E-state index is 0.0273. The lowest BCUT2D eigenvalue weighted by Gasteiger charge is -2.23. The van der Waals surface area contributed by atoms with Crippen molar-refractivity contribution in [3.8, 4) is 0 Å². The number of rotatable bonds is 5. The van der Waals surface area contributed by atoms with Crippen LogP contribution in [0.15, 0.2) is 83.8 Å².